The molecule has 0 atom stereocenters. The van der Waals surface area contributed by atoms with Crippen molar-refractivity contribution in [1.29, 1.82) is 0 Å². The van der Waals surface area contributed by atoms with E-state index >= 15 is 0 Å². The first-order valence-corrected chi connectivity index (χ1v) is 5.68. The van der Waals surface area contributed by atoms with E-state index in [2.05, 4.69) is 56.5 Å². The Morgan fingerprint density at radius 3 is 2.88 bits per heavy atom. The van der Waals surface area contributed by atoms with Gasteiger partial charge in [0.05, 0.1) is 6.54 Å². The third kappa shape index (κ3) is 2.04. The summed E-state index contributed by atoms with van der Waals surface area (Å²) in [4.78, 5) is 1.62. The Morgan fingerprint density at radius 1 is 1.06 bits per heavy atom. The molecule has 86 valence electrons. The smallest absolute Gasteiger partial charge is 0.162 e. The van der Waals surface area contributed by atoms with Gasteiger partial charge in [-0.1, -0.05) is 18.2 Å². The third-order valence-corrected chi connectivity index (χ3v) is 2.83. The average Bonchev–Trinajstić information content (AvgIpc) is 2.99. The van der Waals surface area contributed by atoms with E-state index in [0.29, 0.717) is 0 Å². The summed E-state index contributed by atoms with van der Waals surface area (Å²) in [5, 5.41) is 12.8. The van der Waals surface area contributed by atoms with Crippen LogP contribution in [0.2, 0.25) is 0 Å². The Morgan fingerprint density at radius 2 is 2.00 bits per heavy atom. The molecule has 0 aliphatic carbocycles. The maximum Gasteiger partial charge on any atom is 0.162 e. The van der Waals surface area contributed by atoms with Crippen molar-refractivity contribution in [1.82, 2.24) is 24.8 Å². The Labute approximate surface area is 98.7 Å². The highest BCUT2D eigenvalue weighted by Gasteiger charge is 2.00. The van der Waals surface area contributed by atoms with Crippen molar-refractivity contribution in [3.8, 4) is 0 Å². The van der Waals surface area contributed by atoms with Crippen LogP contribution in [0.15, 0.2) is 42.9 Å². The predicted octanol–water partition coefficient (Wildman–Crippen LogP) is 1.72. The molecule has 0 aliphatic heterocycles. The van der Waals surface area contributed by atoms with Crippen LogP contribution in [-0.2, 0) is 13.1 Å². The molecular formula is C12H13N5. The SMILES string of the molecule is c1ccc2c(c1)ccn2CCCn1ncnn1. The number of tetrazole rings is 1. The molecule has 0 fully saturated rings. The lowest BCUT2D eigenvalue weighted by Gasteiger charge is -2.04. The predicted molar refractivity (Wildman–Crippen MR) is 64.4 cm³/mol. The van der Waals surface area contributed by atoms with Crippen molar-refractivity contribution in [3.63, 3.8) is 0 Å². The highest BCUT2D eigenvalue weighted by atomic mass is 15.6. The quantitative estimate of drug-likeness (QED) is 0.681. The molecule has 5 nitrogen and oxygen atoms in total. The lowest BCUT2D eigenvalue weighted by Crippen LogP contribution is -2.06. The molecule has 5 heteroatoms. The number of para-hydroxylation sites is 1. The molecule has 2 heterocycles. The average molecular weight is 227 g/mol. The Kier molecular flexibility index (Phi) is 2.57. The molecular weight excluding hydrogens is 214 g/mol. The number of nitrogens with zero attached hydrogens (tertiary/aromatic N) is 5. The van der Waals surface area contributed by atoms with Gasteiger partial charge in [-0.15, -0.1) is 10.2 Å². The molecule has 0 bridgehead atoms. The molecule has 0 amide bonds. The van der Waals surface area contributed by atoms with Gasteiger partial charge in [0.1, 0.15) is 0 Å². The standard InChI is InChI=1S/C12H13N5/c1-2-5-12-11(4-1)6-9-16(12)7-3-8-17-14-10-13-15-17/h1-2,4-6,9-10H,3,7-8H2. The van der Waals surface area contributed by atoms with E-state index in [1.54, 1.807) is 4.80 Å². The van der Waals surface area contributed by atoms with Gasteiger partial charge < -0.3 is 4.57 Å². The van der Waals surface area contributed by atoms with Crippen molar-refractivity contribution < 1.29 is 0 Å². The minimum Gasteiger partial charge on any atom is -0.347 e. The summed E-state index contributed by atoms with van der Waals surface area (Å²) in [6.07, 6.45) is 4.58. The fourth-order valence-corrected chi connectivity index (χ4v) is 2.01. The molecule has 0 saturated carbocycles. The van der Waals surface area contributed by atoms with Crippen LogP contribution in [-0.4, -0.2) is 24.8 Å². The van der Waals surface area contributed by atoms with Gasteiger partial charge >= 0.3 is 0 Å². The molecule has 17 heavy (non-hydrogen) atoms. The summed E-state index contributed by atoms with van der Waals surface area (Å²) in [5.41, 5.74) is 1.28. The van der Waals surface area contributed by atoms with Crippen LogP contribution in [0.3, 0.4) is 0 Å². The van der Waals surface area contributed by atoms with Gasteiger partial charge in [0.2, 0.25) is 0 Å². The maximum absolute atomic E-state index is 3.98. The van der Waals surface area contributed by atoms with E-state index in [9.17, 15) is 0 Å². The Balaban J connectivity index is 1.69. The van der Waals surface area contributed by atoms with Gasteiger partial charge in [-0.3, -0.25) is 0 Å². The number of benzene rings is 1. The van der Waals surface area contributed by atoms with Crippen molar-refractivity contribution in [2.75, 3.05) is 0 Å². The minimum atomic E-state index is 0.798. The lowest BCUT2D eigenvalue weighted by molar-refractivity contribution is 0.474. The fraction of sp³-hybridized carbons (Fsp3) is 0.250. The number of hydrogen-bond acceptors (Lipinski definition) is 3. The second-order valence-electron chi connectivity index (χ2n) is 3.95. The monoisotopic (exact) mass is 227 g/mol. The molecule has 2 aromatic heterocycles. The largest absolute Gasteiger partial charge is 0.347 e. The first-order valence-electron chi connectivity index (χ1n) is 5.68. The zero-order chi connectivity index (χ0) is 11.5. The zero-order valence-corrected chi connectivity index (χ0v) is 9.40. The van der Waals surface area contributed by atoms with E-state index in [4.69, 9.17) is 0 Å². The number of rotatable bonds is 4. The van der Waals surface area contributed by atoms with Crippen molar-refractivity contribution in [3.05, 3.63) is 42.9 Å². The van der Waals surface area contributed by atoms with Crippen LogP contribution in [0, 0.1) is 0 Å². The third-order valence-electron chi connectivity index (χ3n) is 2.83. The van der Waals surface area contributed by atoms with E-state index < -0.39 is 0 Å². The van der Waals surface area contributed by atoms with Gasteiger partial charge in [0, 0.05) is 18.3 Å². The zero-order valence-electron chi connectivity index (χ0n) is 9.40. The number of fused-ring (bicyclic) bond motifs is 1. The molecule has 0 saturated heterocycles. The summed E-state index contributed by atoms with van der Waals surface area (Å²) in [6.45, 7) is 1.77. The van der Waals surface area contributed by atoms with Crippen LogP contribution >= 0.6 is 0 Å². The normalized spacial score (nSPS) is 11.1. The van der Waals surface area contributed by atoms with Crippen molar-refractivity contribution in [2.24, 2.45) is 0 Å². The van der Waals surface area contributed by atoms with E-state index in [-0.39, 0.29) is 0 Å². The molecule has 1 aromatic carbocycles. The maximum atomic E-state index is 3.98. The Bertz CT molecular complexity index is 596. The van der Waals surface area contributed by atoms with Gasteiger partial charge in [-0.2, -0.15) is 4.80 Å². The van der Waals surface area contributed by atoms with Crippen LogP contribution in [0.5, 0.6) is 0 Å². The van der Waals surface area contributed by atoms with Crippen LogP contribution in [0.1, 0.15) is 6.42 Å². The summed E-state index contributed by atoms with van der Waals surface area (Å²) in [5.74, 6) is 0. The number of hydrogen-bond donors (Lipinski definition) is 0. The molecule has 0 aliphatic rings. The number of aromatic nitrogens is 5. The van der Waals surface area contributed by atoms with Crippen LogP contribution in [0.4, 0.5) is 0 Å². The van der Waals surface area contributed by atoms with Gasteiger partial charge in [0.25, 0.3) is 0 Å². The highest BCUT2D eigenvalue weighted by molar-refractivity contribution is 5.79. The highest BCUT2D eigenvalue weighted by Crippen LogP contribution is 2.15. The van der Waals surface area contributed by atoms with Gasteiger partial charge in [-0.05, 0) is 29.2 Å². The Hall–Kier alpha value is -2.17. The molecule has 3 rings (SSSR count). The summed E-state index contributed by atoms with van der Waals surface area (Å²) >= 11 is 0. The summed E-state index contributed by atoms with van der Waals surface area (Å²) in [6, 6.07) is 10.5. The van der Waals surface area contributed by atoms with Crippen LogP contribution in [0.25, 0.3) is 10.9 Å². The second-order valence-corrected chi connectivity index (χ2v) is 3.95. The van der Waals surface area contributed by atoms with E-state index in [1.807, 2.05) is 0 Å². The van der Waals surface area contributed by atoms with E-state index in [0.717, 1.165) is 19.5 Å². The molecule has 0 N–H and O–H groups in total. The minimum absolute atomic E-state index is 0.798. The summed E-state index contributed by atoms with van der Waals surface area (Å²) in [7, 11) is 0. The fourth-order valence-electron chi connectivity index (χ4n) is 2.01. The van der Waals surface area contributed by atoms with Crippen molar-refractivity contribution in [2.45, 2.75) is 19.5 Å². The molecule has 0 radical (unpaired) electrons. The first-order chi connectivity index (χ1) is 8.43. The second kappa shape index (κ2) is 4.37. The number of aryl methyl sites for hydroxylation is 2. The topological polar surface area (TPSA) is 48.5 Å². The lowest BCUT2D eigenvalue weighted by atomic mass is 10.2. The first kappa shape index (κ1) is 10.0. The van der Waals surface area contributed by atoms with Gasteiger partial charge in [-0.25, -0.2) is 0 Å². The van der Waals surface area contributed by atoms with Crippen LogP contribution < -0.4 is 0 Å². The molecule has 0 spiro atoms. The van der Waals surface area contributed by atoms with Gasteiger partial charge in [0.15, 0.2) is 6.33 Å². The molecule has 3 aromatic rings. The molecule has 0 unspecified atom stereocenters. The summed E-state index contributed by atoms with van der Waals surface area (Å²) < 4.78 is 2.26. The van der Waals surface area contributed by atoms with E-state index in [1.165, 1.54) is 17.2 Å². The van der Waals surface area contributed by atoms with Crippen molar-refractivity contribution >= 4 is 10.9 Å².